The van der Waals surface area contributed by atoms with E-state index in [1.807, 2.05) is 20.0 Å². The van der Waals surface area contributed by atoms with Gasteiger partial charge in [0.15, 0.2) is 0 Å². The first-order valence-corrected chi connectivity index (χ1v) is 5.34. The van der Waals surface area contributed by atoms with E-state index in [1.165, 1.54) is 4.88 Å². The standard InChI is InChI=1S/C9H16N2OS/c1-3-12-5-4-10-6-9-7-11-8(2)13-9/h7,10H,3-6H2,1-2H3. The van der Waals surface area contributed by atoms with Crippen LogP contribution in [0.4, 0.5) is 0 Å². The van der Waals surface area contributed by atoms with Gasteiger partial charge < -0.3 is 10.1 Å². The van der Waals surface area contributed by atoms with E-state index in [2.05, 4.69) is 10.3 Å². The molecule has 1 N–H and O–H groups in total. The topological polar surface area (TPSA) is 34.1 Å². The summed E-state index contributed by atoms with van der Waals surface area (Å²) in [6, 6.07) is 0. The molecule has 0 amide bonds. The monoisotopic (exact) mass is 200 g/mol. The van der Waals surface area contributed by atoms with Gasteiger partial charge in [-0.3, -0.25) is 0 Å². The van der Waals surface area contributed by atoms with Crippen LogP contribution in [0.15, 0.2) is 6.20 Å². The highest BCUT2D eigenvalue weighted by Crippen LogP contribution is 2.10. The molecule has 1 heterocycles. The van der Waals surface area contributed by atoms with Crippen molar-refractivity contribution in [2.45, 2.75) is 20.4 Å². The third kappa shape index (κ3) is 4.36. The predicted molar refractivity (Wildman–Crippen MR) is 55.1 cm³/mol. The molecule has 0 aliphatic rings. The number of rotatable bonds is 6. The number of thiazole rings is 1. The maximum atomic E-state index is 5.20. The van der Waals surface area contributed by atoms with E-state index in [4.69, 9.17) is 4.74 Å². The average molecular weight is 200 g/mol. The van der Waals surface area contributed by atoms with Gasteiger partial charge in [-0.1, -0.05) is 0 Å². The van der Waals surface area contributed by atoms with Gasteiger partial charge in [-0.15, -0.1) is 11.3 Å². The fraction of sp³-hybridized carbons (Fsp3) is 0.667. The van der Waals surface area contributed by atoms with E-state index in [9.17, 15) is 0 Å². The second kappa shape index (κ2) is 6.07. The second-order valence-corrected chi connectivity index (χ2v) is 4.04. The molecule has 0 aliphatic heterocycles. The van der Waals surface area contributed by atoms with Gasteiger partial charge in [0, 0.05) is 30.8 Å². The maximum absolute atomic E-state index is 5.20. The molecule has 0 atom stereocenters. The molecule has 0 unspecified atom stereocenters. The Kier molecular flexibility index (Phi) is 4.97. The van der Waals surface area contributed by atoms with Crippen LogP contribution in [-0.4, -0.2) is 24.7 Å². The maximum Gasteiger partial charge on any atom is 0.0897 e. The Balaban J connectivity index is 2.06. The van der Waals surface area contributed by atoms with Gasteiger partial charge in [0.25, 0.3) is 0 Å². The molecule has 1 aromatic heterocycles. The highest BCUT2D eigenvalue weighted by atomic mass is 32.1. The summed E-state index contributed by atoms with van der Waals surface area (Å²) in [4.78, 5) is 5.47. The summed E-state index contributed by atoms with van der Waals surface area (Å²) in [5.41, 5.74) is 0. The van der Waals surface area contributed by atoms with Crippen molar-refractivity contribution in [3.05, 3.63) is 16.1 Å². The van der Waals surface area contributed by atoms with Crippen LogP contribution >= 0.6 is 11.3 Å². The molecule has 0 saturated heterocycles. The van der Waals surface area contributed by atoms with Gasteiger partial charge in [-0.05, 0) is 13.8 Å². The van der Waals surface area contributed by atoms with Gasteiger partial charge in [-0.25, -0.2) is 4.98 Å². The quantitative estimate of drug-likeness (QED) is 0.708. The van der Waals surface area contributed by atoms with Crippen LogP contribution in [0, 0.1) is 6.92 Å². The summed E-state index contributed by atoms with van der Waals surface area (Å²) < 4.78 is 5.20. The largest absolute Gasteiger partial charge is 0.380 e. The number of hydrogen-bond acceptors (Lipinski definition) is 4. The zero-order valence-electron chi connectivity index (χ0n) is 8.17. The Morgan fingerprint density at radius 3 is 3.08 bits per heavy atom. The Hall–Kier alpha value is -0.450. The van der Waals surface area contributed by atoms with Crippen LogP contribution in [0.25, 0.3) is 0 Å². The summed E-state index contributed by atoms with van der Waals surface area (Å²) in [7, 11) is 0. The molecule has 4 heteroatoms. The molecule has 1 aromatic rings. The molecule has 0 saturated carbocycles. The SMILES string of the molecule is CCOCCNCc1cnc(C)s1. The fourth-order valence-corrected chi connectivity index (χ4v) is 1.75. The molecule has 0 spiro atoms. The van der Waals surface area contributed by atoms with Crippen LogP contribution in [0.5, 0.6) is 0 Å². The van der Waals surface area contributed by atoms with Gasteiger partial charge in [-0.2, -0.15) is 0 Å². The van der Waals surface area contributed by atoms with E-state index >= 15 is 0 Å². The van der Waals surface area contributed by atoms with Crippen molar-refractivity contribution < 1.29 is 4.74 Å². The average Bonchev–Trinajstić information content (AvgIpc) is 2.51. The highest BCUT2D eigenvalue weighted by Gasteiger charge is 1.96. The summed E-state index contributed by atoms with van der Waals surface area (Å²) in [5.74, 6) is 0. The van der Waals surface area contributed by atoms with Crippen LogP contribution in [-0.2, 0) is 11.3 Å². The van der Waals surface area contributed by atoms with Crippen molar-refractivity contribution in [3.8, 4) is 0 Å². The van der Waals surface area contributed by atoms with Crippen molar-refractivity contribution in [1.82, 2.24) is 10.3 Å². The Bertz CT molecular complexity index is 237. The molecular formula is C9H16N2OS. The summed E-state index contributed by atoms with van der Waals surface area (Å²) in [6.07, 6.45) is 1.92. The molecule has 13 heavy (non-hydrogen) atoms. The molecule has 1 rings (SSSR count). The lowest BCUT2D eigenvalue weighted by atomic mass is 10.5. The van der Waals surface area contributed by atoms with Gasteiger partial charge >= 0.3 is 0 Å². The van der Waals surface area contributed by atoms with Crippen LogP contribution in [0.2, 0.25) is 0 Å². The van der Waals surface area contributed by atoms with Crippen molar-refractivity contribution in [2.75, 3.05) is 19.8 Å². The summed E-state index contributed by atoms with van der Waals surface area (Å²) in [5, 5.41) is 4.42. The molecule has 0 aromatic carbocycles. The molecular weight excluding hydrogens is 184 g/mol. The van der Waals surface area contributed by atoms with E-state index in [-0.39, 0.29) is 0 Å². The normalized spacial score (nSPS) is 10.6. The molecule has 0 fully saturated rings. The third-order valence-corrected chi connectivity index (χ3v) is 2.51. The zero-order valence-corrected chi connectivity index (χ0v) is 8.99. The fourth-order valence-electron chi connectivity index (χ4n) is 0.987. The van der Waals surface area contributed by atoms with E-state index in [1.54, 1.807) is 11.3 Å². The van der Waals surface area contributed by atoms with Crippen LogP contribution < -0.4 is 5.32 Å². The van der Waals surface area contributed by atoms with Crippen molar-refractivity contribution in [1.29, 1.82) is 0 Å². The van der Waals surface area contributed by atoms with Gasteiger partial charge in [0.2, 0.25) is 0 Å². The number of aromatic nitrogens is 1. The number of nitrogens with zero attached hydrogens (tertiary/aromatic N) is 1. The van der Waals surface area contributed by atoms with Gasteiger partial charge in [0.1, 0.15) is 0 Å². The first-order valence-electron chi connectivity index (χ1n) is 4.52. The molecule has 3 nitrogen and oxygen atoms in total. The van der Waals surface area contributed by atoms with Gasteiger partial charge in [0.05, 0.1) is 11.6 Å². The Morgan fingerprint density at radius 2 is 2.46 bits per heavy atom. The zero-order chi connectivity index (χ0) is 9.52. The van der Waals surface area contributed by atoms with Crippen LogP contribution in [0.3, 0.4) is 0 Å². The predicted octanol–water partition coefficient (Wildman–Crippen LogP) is 1.58. The van der Waals surface area contributed by atoms with E-state index < -0.39 is 0 Å². The van der Waals surface area contributed by atoms with E-state index in [0.29, 0.717) is 0 Å². The minimum Gasteiger partial charge on any atom is -0.380 e. The molecule has 74 valence electrons. The summed E-state index contributed by atoms with van der Waals surface area (Å²) >= 11 is 1.74. The molecule has 0 bridgehead atoms. The molecule has 0 radical (unpaired) electrons. The number of nitrogens with one attached hydrogen (secondary N) is 1. The first kappa shape index (κ1) is 10.6. The number of aryl methyl sites for hydroxylation is 1. The minimum atomic E-state index is 0.786. The van der Waals surface area contributed by atoms with E-state index in [0.717, 1.165) is 31.3 Å². The lowest BCUT2D eigenvalue weighted by Gasteiger charge is -2.01. The van der Waals surface area contributed by atoms with Crippen molar-refractivity contribution >= 4 is 11.3 Å². The first-order chi connectivity index (χ1) is 6.33. The summed E-state index contributed by atoms with van der Waals surface area (Å²) in [6.45, 7) is 7.42. The lowest BCUT2D eigenvalue weighted by molar-refractivity contribution is 0.149. The number of ether oxygens (including phenoxy) is 1. The molecule has 0 aliphatic carbocycles. The minimum absolute atomic E-state index is 0.786. The highest BCUT2D eigenvalue weighted by molar-refractivity contribution is 7.11. The Labute approximate surface area is 83.1 Å². The number of hydrogen-bond donors (Lipinski definition) is 1. The Morgan fingerprint density at radius 1 is 1.62 bits per heavy atom. The van der Waals surface area contributed by atoms with Crippen molar-refractivity contribution in [3.63, 3.8) is 0 Å². The van der Waals surface area contributed by atoms with Crippen molar-refractivity contribution in [2.24, 2.45) is 0 Å². The smallest absolute Gasteiger partial charge is 0.0897 e. The third-order valence-electron chi connectivity index (χ3n) is 1.60. The lowest BCUT2D eigenvalue weighted by Crippen LogP contribution is -2.18. The second-order valence-electron chi connectivity index (χ2n) is 2.72. The van der Waals surface area contributed by atoms with Crippen LogP contribution in [0.1, 0.15) is 16.8 Å².